The Hall–Kier alpha value is -3.07. The molecule has 2 aliphatic rings. The lowest BCUT2D eigenvalue weighted by Crippen LogP contribution is -2.50. The molecule has 0 spiro atoms. The summed E-state index contributed by atoms with van der Waals surface area (Å²) in [5.41, 5.74) is 2.58. The average Bonchev–Trinajstić information content (AvgIpc) is 2.96. The van der Waals surface area contributed by atoms with E-state index < -0.39 is 30.6 Å². The molecule has 35 heavy (non-hydrogen) atoms. The number of aryl methyl sites for hydroxylation is 1. The van der Waals surface area contributed by atoms with Crippen LogP contribution in [0.5, 0.6) is 11.5 Å². The van der Waals surface area contributed by atoms with Crippen LogP contribution in [0.15, 0.2) is 40.9 Å². The molecule has 1 aliphatic carbocycles. The first-order chi connectivity index (χ1) is 16.7. The van der Waals surface area contributed by atoms with Crippen LogP contribution in [0.2, 0.25) is 0 Å². The Kier molecular flexibility index (Phi) is 7.35. The van der Waals surface area contributed by atoms with Gasteiger partial charge in [0.2, 0.25) is 5.91 Å². The second kappa shape index (κ2) is 10.3. The van der Waals surface area contributed by atoms with Crippen molar-refractivity contribution in [2.24, 2.45) is 5.92 Å². The number of amides is 2. The first kappa shape index (κ1) is 25.0. The van der Waals surface area contributed by atoms with E-state index in [4.69, 9.17) is 9.47 Å². The van der Waals surface area contributed by atoms with Crippen LogP contribution in [0.1, 0.15) is 55.5 Å². The van der Waals surface area contributed by atoms with Gasteiger partial charge in [0.1, 0.15) is 12.6 Å². The molecule has 2 amide bonds. The number of ether oxygens (including phenoxy) is 2. The molecule has 4 rings (SSSR count). The molecule has 2 aromatic carbocycles. The van der Waals surface area contributed by atoms with E-state index in [-0.39, 0.29) is 17.9 Å². The minimum atomic E-state index is -1.17. The van der Waals surface area contributed by atoms with Gasteiger partial charge in [-0.3, -0.25) is 14.4 Å². The van der Waals surface area contributed by atoms with Gasteiger partial charge >= 0.3 is 5.97 Å². The monoisotopic (exact) mass is 544 g/mol. The van der Waals surface area contributed by atoms with Crippen molar-refractivity contribution in [3.05, 3.63) is 57.6 Å². The summed E-state index contributed by atoms with van der Waals surface area (Å²) in [6.07, 6.45) is 1.58. The standard InChI is InChI=1S/C26H29BrN2O6/c1-14(2)23-26(33)29(19-10-6-8-15-7-4-5-9-17(15)19)22(25(32)28-13-21(30)31)18-11-16(27)12-20(34-3)24(18)35-23/h4-5,7,9,11-12,14,19,22-23H,6,8,10,13H2,1-3H3,(H,28,32)(H,30,31). The zero-order valence-electron chi connectivity index (χ0n) is 19.9. The molecule has 1 aliphatic heterocycles. The number of rotatable bonds is 6. The number of hydrogen-bond donors (Lipinski definition) is 2. The van der Waals surface area contributed by atoms with Crippen LogP contribution in [0.25, 0.3) is 0 Å². The number of methoxy groups -OCH3 is 1. The minimum Gasteiger partial charge on any atom is -0.493 e. The van der Waals surface area contributed by atoms with Crippen molar-refractivity contribution in [1.29, 1.82) is 0 Å². The van der Waals surface area contributed by atoms with Gasteiger partial charge < -0.3 is 24.8 Å². The number of halogens is 1. The summed E-state index contributed by atoms with van der Waals surface area (Å²) < 4.78 is 12.5. The summed E-state index contributed by atoms with van der Waals surface area (Å²) in [6.45, 7) is 3.23. The van der Waals surface area contributed by atoms with E-state index in [0.717, 1.165) is 24.0 Å². The van der Waals surface area contributed by atoms with Gasteiger partial charge in [-0.15, -0.1) is 0 Å². The van der Waals surface area contributed by atoms with Crippen LogP contribution in [0.3, 0.4) is 0 Å². The summed E-state index contributed by atoms with van der Waals surface area (Å²) >= 11 is 3.48. The lowest BCUT2D eigenvalue weighted by atomic mass is 9.85. The Morgan fingerprint density at radius 3 is 2.69 bits per heavy atom. The molecule has 9 heteroatoms. The van der Waals surface area contributed by atoms with Gasteiger partial charge in [-0.2, -0.15) is 0 Å². The van der Waals surface area contributed by atoms with E-state index in [1.54, 1.807) is 17.0 Å². The first-order valence-electron chi connectivity index (χ1n) is 11.7. The molecule has 2 aromatic rings. The van der Waals surface area contributed by atoms with Gasteiger partial charge in [0.05, 0.1) is 13.2 Å². The third kappa shape index (κ3) is 4.87. The van der Waals surface area contributed by atoms with Gasteiger partial charge in [0, 0.05) is 10.0 Å². The van der Waals surface area contributed by atoms with Crippen LogP contribution in [-0.4, -0.2) is 47.5 Å². The molecular formula is C26H29BrN2O6. The number of carboxylic acid groups (broad SMARTS) is 1. The summed E-state index contributed by atoms with van der Waals surface area (Å²) in [4.78, 5) is 40.7. The van der Waals surface area contributed by atoms with Crippen LogP contribution in [0.4, 0.5) is 0 Å². The third-order valence-electron chi connectivity index (χ3n) is 6.52. The van der Waals surface area contributed by atoms with Gasteiger partial charge in [0.25, 0.3) is 5.91 Å². The highest BCUT2D eigenvalue weighted by Gasteiger charge is 2.47. The van der Waals surface area contributed by atoms with E-state index in [0.29, 0.717) is 28.0 Å². The van der Waals surface area contributed by atoms with E-state index in [1.807, 2.05) is 38.1 Å². The van der Waals surface area contributed by atoms with Crippen molar-refractivity contribution in [2.45, 2.75) is 51.3 Å². The molecule has 2 N–H and O–H groups in total. The number of hydrogen-bond acceptors (Lipinski definition) is 5. The molecule has 3 atom stereocenters. The second-order valence-electron chi connectivity index (χ2n) is 9.18. The average molecular weight is 545 g/mol. The SMILES string of the molecule is COc1cc(Br)cc2c1OC(C(C)C)C(=O)N(C1CCCc3ccccc31)C2C(=O)NCC(=O)O. The molecule has 0 aromatic heterocycles. The third-order valence-corrected chi connectivity index (χ3v) is 6.98. The topological polar surface area (TPSA) is 105 Å². The summed E-state index contributed by atoms with van der Waals surface area (Å²) in [6, 6.07) is 9.93. The Bertz CT molecular complexity index is 1150. The van der Waals surface area contributed by atoms with E-state index >= 15 is 0 Å². The number of carbonyl (C=O) groups is 3. The first-order valence-corrected chi connectivity index (χ1v) is 12.5. The number of aliphatic carboxylic acids is 1. The summed E-state index contributed by atoms with van der Waals surface area (Å²) in [7, 11) is 1.50. The van der Waals surface area contributed by atoms with E-state index in [9.17, 15) is 19.5 Å². The highest BCUT2D eigenvalue weighted by Crippen LogP contribution is 2.48. The maximum Gasteiger partial charge on any atom is 0.322 e. The number of carboxylic acids is 1. The number of benzene rings is 2. The van der Waals surface area contributed by atoms with Crippen molar-refractivity contribution in [2.75, 3.05) is 13.7 Å². The zero-order chi connectivity index (χ0) is 25.3. The van der Waals surface area contributed by atoms with Gasteiger partial charge in [-0.05, 0) is 48.4 Å². The summed E-state index contributed by atoms with van der Waals surface area (Å²) in [5, 5.41) is 11.7. The Balaban J connectivity index is 1.95. The van der Waals surface area contributed by atoms with Gasteiger partial charge in [-0.25, -0.2) is 0 Å². The molecule has 1 heterocycles. The molecule has 3 unspecified atom stereocenters. The van der Waals surface area contributed by atoms with E-state index in [2.05, 4.69) is 21.2 Å². The number of nitrogens with zero attached hydrogens (tertiary/aromatic N) is 1. The van der Waals surface area contributed by atoms with Crippen molar-refractivity contribution in [1.82, 2.24) is 10.2 Å². The van der Waals surface area contributed by atoms with Crippen LogP contribution in [0, 0.1) is 5.92 Å². The molecule has 186 valence electrons. The smallest absolute Gasteiger partial charge is 0.322 e. The molecule has 0 saturated heterocycles. The van der Waals surface area contributed by atoms with Crippen molar-refractivity contribution in [3.8, 4) is 11.5 Å². The fourth-order valence-electron chi connectivity index (χ4n) is 4.97. The minimum absolute atomic E-state index is 0.189. The number of nitrogens with one attached hydrogen (secondary N) is 1. The largest absolute Gasteiger partial charge is 0.493 e. The predicted molar refractivity (Wildman–Crippen MR) is 132 cm³/mol. The van der Waals surface area contributed by atoms with E-state index in [1.165, 1.54) is 7.11 Å². The van der Waals surface area contributed by atoms with Crippen LogP contribution in [-0.2, 0) is 20.8 Å². The number of carbonyl (C=O) groups excluding carboxylic acids is 2. The highest BCUT2D eigenvalue weighted by molar-refractivity contribution is 9.10. The molecule has 0 saturated carbocycles. The molecule has 0 fully saturated rings. The lowest BCUT2D eigenvalue weighted by Gasteiger charge is -2.40. The fourth-order valence-corrected chi connectivity index (χ4v) is 5.42. The predicted octanol–water partition coefficient (Wildman–Crippen LogP) is 4.02. The molecular weight excluding hydrogens is 516 g/mol. The molecule has 8 nitrogen and oxygen atoms in total. The molecule has 0 radical (unpaired) electrons. The second-order valence-corrected chi connectivity index (χ2v) is 10.1. The number of fused-ring (bicyclic) bond motifs is 2. The quantitative estimate of drug-likeness (QED) is 0.568. The fraction of sp³-hybridized carbons (Fsp3) is 0.423. The molecule has 0 bridgehead atoms. The zero-order valence-corrected chi connectivity index (χ0v) is 21.5. The van der Waals surface area contributed by atoms with Gasteiger partial charge in [-0.1, -0.05) is 54.0 Å². The Morgan fingerprint density at radius 1 is 1.26 bits per heavy atom. The van der Waals surface area contributed by atoms with Crippen molar-refractivity contribution < 1.29 is 29.0 Å². The van der Waals surface area contributed by atoms with Crippen LogP contribution < -0.4 is 14.8 Å². The summed E-state index contributed by atoms with van der Waals surface area (Å²) in [5.74, 6) is -1.56. The van der Waals surface area contributed by atoms with Crippen molar-refractivity contribution >= 4 is 33.7 Å². The maximum atomic E-state index is 14.2. The van der Waals surface area contributed by atoms with Gasteiger partial charge in [0.15, 0.2) is 17.6 Å². The Labute approximate surface area is 212 Å². The van der Waals surface area contributed by atoms with Crippen LogP contribution >= 0.6 is 15.9 Å². The Morgan fingerprint density at radius 2 is 2.00 bits per heavy atom. The maximum absolute atomic E-state index is 14.2. The van der Waals surface area contributed by atoms with Crippen molar-refractivity contribution in [3.63, 3.8) is 0 Å². The normalized spacial score (nSPS) is 21.5. The highest BCUT2D eigenvalue weighted by atomic mass is 79.9. The lowest BCUT2D eigenvalue weighted by molar-refractivity contribution is -0.150.